The second-order valence-corrected chi connectivity index (χ2v) is 13.7. The first-order valence-corrected chi connectivity index (χ1v) is 18.5. The maximum absolute atomic E-state index is 10.0. The van der Waals surface area contributed by atoms with Crippen LogP contribution in [0.4, 0.5) is 0 Å². The highest BCUT2D eigenvalue weighted by Crippen LogP contribution is 2.41. The summed E-state index contributed by atoms with van der Waals surface area (Å²) in [5.74, 6) is 0. The number of nitrogens with zero attached hydrogens (tertiary/aromatic N) is 2. The van der Waals surface area contributed by atoms with Gasteiger partial charge in [-0.05, 0) is 93.4 Å². The Labute approximate surface area is 339 Å². The Hall–Kier alpha value is -7.42. The quantitative estimate of drug-likeness (QED) is 0.162. The monoisotopic (exact) mass is 722 g/mol. The lowest BCUT2D eigenvalue weighted by molar-refractivity contribution is 1.18. The first kappa shape index (κ1) is 23.4. The SMILES string of the molecule is [2H]c1c([2H])c([2H])c2c(c1[2H])c1c([2H])c(-c3c([2H])c([2H])c4c(c3[2H])c3cccc(-c5ccccc5)c3n4-c3ccc(-c4ccccc4)cc3)c([2H])c([2H])c1n2-c1ccc(-c2ccccc2)cc1. The average Bonchev–Trinajstić information content (AvgIpc) is 3.91. The molecule has 11 rings (SSSR count). The van der Waals surface area contributed by atoms with Crippen molar-refractivity contribution in [3.63, 3.8) is 0 Å². The molecule has 0 fully saturated rings. The predicted octanol–water partition coefficient (Wildman–Crippen LogP) is 14.5. The summed E-state index contributed by atoms with van der Waals surface area (Å²) in [6, 6.07) is 46.5. The molecule has 0 amide bonds. The van der Waals surface area contributed by atoms with Crippen LogP contribution >= 0.6 is 0 Å². The maximum Gasteiger partial charge on any atom is 0.0645 e. The van der Waals surface area contributed by atoms with Gasteiger partial charge in [0.25, 0.3) is 0 Å². The molecular formula is C54H36N2. The topological polar surface area (TPSA) is 9.86 Å². The number of aromatic nitrogens is 2. The van der Waals surface area contributed by atoms with Gasteiger partial charge in [-0.15, -0.1) is 0 Å². The number of fused-ring (bicyclic) bond motifs is 6. The molecule has 262 valence electrons. The van der Waals surface area contributed by atoms with Crippen LogP contribution in [0.15, 0.2) is 218 Å². The third kappa shape index (κ3) is 5.26. The molecule has 0 atom stereocenters. The third-order valence-corrected chi connectivity index (χ3v) is 10.5. The summed E-state index contributed by atoms with van der Waals surface area (Å²) >= 11 is 0. The molecular weight excluding hydrogens is 677 g/mol. The molecule has 2 heterocycles. The molecule has 0 saturated heterocycles. The van der Waals surface area contributed by atoms with Crippen LogP contribution in [0.5, 0.6) is 0 Å². The average molecular weight is 723 g/mol. The zero-order chi connectivity index (χ0) is 45.7. The lowest BCUT2D eigenvalue weighted by Gasteiger charge is -2.13. The van der Waals surface area contributed by atoms with Gasteiger partial charge < -0.3 is 9.13 Å². The molecule has 11 aromatic rings. The Bertz CT molecular complexity index is 3770. The van der Waals surface area contributed by atoms with Crippen molar-refractivity contribution in [1.82, 2.24) is 9.13 Å². The molecule has 0 N–H and O–H groups in total. The van der Waals surface area contributed by atoms with E-state index in [4.69, 9.17) is 4.11 Å². The van der Waals surface area contributed by atoms with Crippen LogP contribution in [0.3, 0.4) is 0 Å². The summed E-state index contributed by atoms with van der Waals surface area (Å²) in [7, 11) is 0. The summed E-state index contributed by atoms with van der Waals surface area (Å²) in [5, 5.41) is 0.918. The Kier molecular flexibility index (Phi) is 5.49. The fraction of sp³-hybridized carbons (Fsp3) is 0. The van der Waals surface area contributed by atoms with E-state index in [1.165, 1.54) is 4.57 Å². The summed E-state index contributed by atoms with van der Waals surface area (Å²) in [6.45, 7) is 0. The van der Waals surface area contributed by atoms with E-state index in [2.05, 4.69) is 0 Å². The van der Waals surface area contributed by atoms with Crippen LogP contribution in [0, 0.1) is 0 Å². The lowest BCUT2D eigenvalue weighted by Crippen LogP contribution is -1.95. The summed E-state index contributed by atoms with van der Waals surface area (Å²) in [5.41, 5.74) is 7.41. The van der Waals surface area contributed by atoms with Gasteiger partial charge in [0.05, 0.1) is 35.8 Å². The van der Waals surface area contributed by atoms with Crippen LogP contribution in [0.2, 0.25) is 0 Å². The fourth-order valence-corrected chi connectivity index (χ4v) is 7.86. The molecule has 2 aromatic heterocycles. The van der Waals surface area contributed by atoms with Crippen molar-refractivity contribution in [2.75, 3.05) is 0 Å². The molecule has 2 nitrogen and oxygen atoms in total. The highest BCUT2D eigenvalue weighted by Gasteiger charge is 2.19. The third-order valence-electron chi connectivity index (χ3n) is 10.5. The van der Waals surface area contributed by atoms with E-state index >= 15 is 0 Å². The normalized spacial score (nSPS) is 14.1. The van der Waals surface area contributed by atoms with Gasteiger partial charge >= 0.3 is 0 Å². The van der Waals surface area contributed by atoms with Crippen molar-refractivity contribution in [2.24, 2.45) is 0 Å². The smallest absolute Gasteiger partial charge is 0.0645 e. The van der Waals surface area contributed by atoms with Crippen LogP contribution in [0.25, 0.3) is 99.5 Å². The van der Waals surface area contributed by atoms with Crippen molar-refractivity contribution in [1.29, 1.82) is 0 Å². The van der Waals surface area contributed by atoms with Crippen LogP contribution in [-0.4, -0.2) is 9.13 Å². The van der Waals surface area contributed by atoms with Gasteiger partial charge in [-0.2, -0.15) is 0 Å². The minimum atomic E-state index is -0.524. The first-order valence-electron chi connectivity index (χ1n) is 23.5. The van der Waals surface area contributed by atoms with Crippen molar-refractivity contribution >= 4 is 43.6 Å². The molecule has 0 aliphatic carbocycles. The van der Waals surface area contributed by atoms with Gasteiger partial charge in [-0.3, -0.25) is 0 Å². The number of rotatable bonds is 6. The van der Waals surface area contributed by atoms with Crippen molar-refractivity contribution in [3.8, 4) is 55.9 Å². The van der Waals surface area contributed by atoms with Crippen LogP contribution in [0.1, 0.15) is 13.7 Å². The van der Waals surface area contributed by atoms with Crippen molar-refractivity contribution in [3.05, 3.63) is 218 Å². The van der Waals surface area contributed by atoms with Crippen LogP contribution < -0.4 is 0 Å². The Balaban J connectivity index is 1.22. The Morgan fingerprint density at radius 3 is 1.36 bits per heavy atom. The molecule has 0 saturated carbocycles. The number of benzene rings is 9. The molecule has 0 aliphatic heterocycles. The minimum Gasteiger partial charge on any atom is -0.309 e. The maximum atomic E-state index is 10.0. The fourth-order valence-electron chi connectivity index (χ4n) is 7.86. The molecule has 2 heteroatoms. The van der Waals surface area contributed by atoms with Gasteiger partial charge in [-0.25, -0.2) is 0 Å². The second-order valence-electron chi connectivity index (χ2n) is 13.7. The summed E-state index contributed by atoms with van der Waals surface area (Å²) in [4.78, 5) is 0. The zero-order valence-electron chi connectivity index (χ0n) is 39.9. The van der Waals surface area contributed by atoms with E-state index in [1.807, 2.05) is 150 Å². The number of para-hydroxylation sites is 2. The number of hydrogen-bond donors (Lipinski definition) is 0. The van der Waals surface area contributed by atoms with Gasteiger partial charge in [-0.1, -0.05) is 164 Å². The van der Waals surface area contributed by atoms with Gasteiger partial charge in [0.1, 0.15) is 0 Å². The largest absolute Gasteiger partial charge is 0.309 e. The van der Waals surface area contributed by atoms with Crippen molar-refractivity contribution in [2.45, 2.75) is 0 Å². The minimum absolute atomic E-state index is 0.0159. The van der Waals surface area contributed by atoms with Gasteiger partial charge in [0, 0.05) is 38.5 Å². The molecule has 0 spiro atoms. The van der Waals surface area contributed by atoms with E-state index in [-0.39, 0.29) is 57.1 Å². The standard InChI is InChI=1S/C54H36N2/c1-4-13-37(14-5-1)39-23-29-44(30-24-39)55-51-22-11-10-19-47(51)49-35-42(27-33-52(49)55)43-28-34-53-50(36-43)48-21-12-20-46(41-17-8-3-9-18-41)54(48)56(53)45-31-25-40(26-32-45)38-15-6-2-7-16-38/h1-36H/i10D,11D,19D,22D,27D,28D,33D,34D,35D,36D. The van der Waals surface area contributed by atoms with E-state index < -0.39 is 36.3 Å². The first-order chi connectivity index (χ1) is 32.0. The summed E-state index contributed by atoms with van der Waals surface area (Å²) < 4.78 is 97.8. The van der Waals surface area contributed by atoms with E-state index in [0.29, 0.717) is 33.2 Å². The molecule has 0 radical (unpaired) electrons. The van der Waals surface area contributed by atoms with Crippen LogP contribution in [-0.2, 0) is 0 Å². The second kappa shape index (κ2) is 13.2. The molecule has 9 aromatic carbocycles. The molecule has 0 bridgehead atoms. The molecule has 0 aliphatic rings. The Morgan fingerprint density at radius 1 is 0.304 bits per heavy atom. The highest BCUT2D eigenvalue weighted by molar-refractivity contribution is 6.15. The predicted molar refractivity (Wildman–Crippen MR) is 237 cm³/mol. The van der Waals surface area contributed by atoms with Gasteiger partial charge in [0.2, 0.25) is 0 Å². The Morgan fingerprint density at radius 2 is 0.768 bits per heavy atom. The number of hydrogen-bond acceptors (Lipinski definition) is 0. The van der Waals surface area contributed by atoms with E-state index in [9.17, 15) is 9.60 Å². The van der Waals surface area contributed by atoms with E-state index in [1.54, 1.807) is 12.1 Å². The summed E-state index contributed by atoms with van der Waals surface area (Å²) in [6.07, 6.45) is 0. The molecule has 0 unspecified atom stereocenters. The molecule has 56 heavy (non-hydrogen) atoms. The van der Waals surface area contributed by atoms with E-state index in [0.717, 1.165) is 33.4 Å². The zero-order valence-corrected chi connectivity index (χ0v) is 29.9. The van der Waals surface area contributed by atoms with Crippen molar-refractivity contribution < 1.29 is 13.7 Å². The lowest BCUT2D eigenvalue weighted by atomic mass is 9.99. The van der Waals surface area contributed by atoms with Gasteiger partial charge in [0.15, 0.2) is 0 Å². The highest BCUT2D eigenvalue weighted by atomic mass is 15.0.